The van der Waals surface area contributed by atoms with Gasteiger partial charge in [0.05, 0.1) is 6.42 Å². The van der Waals surface area contributed by atoms with Crippen LogP contribution < -0.4 is 0 Å². The lowest BCUT2D eigenvalue weighted by Crippen LogP contribution is -2.27. The second-order valence-electron chi connectivity index (χ2n) is 7.31. The lowest BCUT2D eigenvalue weighted by Gasteiger charge is -2.27. The maximum atomic E-state index is 12.5. The molecule has 0 aromatic heterocycles. The van der Waals surface area contributed by atoms with Gasteiger partial charge in [-0.15, -0.1) is 0 Å². The first-order chi connectivity index (χ1) is 11.8. The predicted octanol–water partition coefficient (Wildman–Crippen LogP) is 4.87. The van der Waals surface area contributed by atoms with Gasteiger partial charge in [0.25, 0.3) is 0 Å². The number of carbonyl (C=O) groups excluding carboxylic acids is 2. The van der Waals surface area contributed by atoms with Crippen LogP contribution in [0.2, 0.25) is 0 Å². The second-order valence-corrected chi connectivity index (χ2v) is 7.31. The zero-order chi connectivity index (χ0) is 18.4. The van der Waals surface area contributed by atoms with E-state index in [4.69, 9.17) is 4.74 Å². The molecule has 3 nitrogen and oxygen atoms in total. The van der Waals surface area contributed by atoms with Crippen LogP contribution in [0.5, 0.6) is 0 Å². The molecule has 0 aliphatic rings. The van der Waals surface area contributed by atoms with E-state index >= 15 is 0 Å². The van der Waals surface area contributed by atoms with Crippen LogP contribution in [0.15, 0.2) is 60.7 Å². The molecule has 0 saturated heterocycles. The summed E-state index contributed by atoms with van der Waals surface area (Å²) in [6.45, 7) is 7.13. The molecule has 0 radical (unpaired) electrons. The number of benzene rings is 2. The largest absolute Gasteiger partial charge is 0.460 e. The van der Waals surface area contributed by atoms with Crippen molar-refractivity contribution in [1.82, 2.24) is 0 Å². The van der Waals surface area contributed by atoms with Crippen LogP contribution in [0, 0.1) is 0 Å². The highest BCUT2D eigenvalue weighted by Crippen LogP contribution is 2.37. The average molecular weight is 338 g/mol. The Bertz CT molecular complexity index is 699. The summed E-state index contributed by atoms with van der Waals surface area (Å²) in [4.78, 5) is 24.9. The maximum Gasteiger partial charge on any atom is 0.306 e. The molecule has 132 valence electrons. The summed E-state index contributed by atoms with van der Waals surface area (Å²) in [5.41, 5.74) is 1.35. The van der Waals surface area contributed by atoms with E-state index in [2.05, 4.69) is 0 Å². The molecule has 0 bridgehead atoms. The van der Waals surface area contributed by atoms with E-state index in [1.54, 1.807) is 6.92 Å². The van der Waals surface area contributed by atoms with Gasteiger partial charge in [-0.1, -0.05) is 60.7 Å². The Kier molecular flexibility index (Phi) is 6.13. The third kappa shape index (κ3) is 5.56. The van der Waals surface area contributed by atoms with E-state index in [0.717, 1.165) is 11.1 Å². The third-order valence-corrected chi connectivity index (χ3v) is 4.03. The van der Waals surface area contributed by atoms with Gasteiger partial charge in [-0.2, -0.15) is 0 Å². The molecule has 0 N–H and O–H groups in total. The molecule has 0 aliphatic heterocycles. The Labute approximate surface area is 150 Å². The van der Waals surface area contributed by atoms with Gasteiger partial charge in [-0.25, -0.2) is 0 Å². The first-order valence-electron chi connectivity index (χ1n) is 8.60. The number of hydrogen-bond acceptors (Lipinski definition) is 3. The number of Topliss-reactive ketones (excluding diaryl/α,β-unsaturated/α-hetero) is 1. The zero-order valence-electron chi connectivity index (χ0n) is 15.4. The molecule has 2 atom stereocenters. The summed E-state index contributed by atoms with van der Waals surface area (Å²) >= 11 is 0. The highest BCUT2D eigenvalue weighted by atomic mass is 16.6. The molecule has 0 unspecified atom stereocenters. The molecule has 0 fully saturated rings. The van der Waals surface area contributed by atoms with Crippen molar-refractivity contribution in [3.63, 3.8) is 0 Å². The quantitative estimate of drug-likeness (QED) is 0.705. The van der Waals surface area contributed by atoms with Crippen LogP contribution in [-0.4, -0.2) is 17.4 Å². The number of ketones is 1. The van der Waals surface area contributed by atoms with Crippen molar-refractivity contribution in [2.75, 3.05) is 0 Å². The summed E-state index contributed by atoms with van der Waals surface area (Å²) in [7, 11) is 0. The molecule has 0 amide bonds. The van der Waals surface area contributed by atoms with Gasteiger partial charge in [0.15, 0.2) is 0 Å². The lowest BCUT2D eigenvalue weighted by atomic mass is 9.77. The molecule has 0 heterocycles. The van der Waals surface area contributed by atoms with Crippen molar-refractivity contribution in [2.24, 2.45) is 0 Å². The summed E-state index contributed by atoms with van der Waals surface area (Å²) in [6, 6.07) is 19.4. The molecular weight excluding hydrogens is 312 g/mol. The monoisotopic (exact) mass is 338 g/mol. The van der Waals surface area contributed by atoms with Crippen LogP contribution in [-0.2, 0) is 14.3 Å². The van der Waals surface area contributed by atoms with E-state index in [-0.39, 0.29) is 30.0 Å². The van der Waals surface area contributed by atoms with Gasteiger partial charge in [0.2, 0.25) is 0 Å². The fourth-order valence-electron chi connectivity index (χ4n) is 3.10. The SMILES string of the molecule is CC(=O)[C@@H](c1ccccc1)[C@H](CC(=O)OC(C)(C)C)c1ccccc1. The highest BCUT2D eigenvalue weighted by molar-refractivity contribution is 5.85. The molecule has 25 heavy (non-hydrogen) atoms. The minimum atomic E-state index is -0.545. The standard InChI is InChI=1S/C22H26O3/c1-16(23)21(18-13-9-6-10-14-18)19(17-11-7-5-8-12-17)15-20(24)25-22(2,3)4/h5-14,19,21H,15H2,1-4H3/t19-,21+/m1/s1. The average Bonchev–Trinajstić information content (AvgIpc) is 2.54. The van der Waals surface area contributed by atoms with E-state index in [9.17, 15) is 9.59 Å². The molecular formula is C22H26O3. The first kappa shape index (κ1) is 18.9. The molecule has 0 spiro atoms. The Morgan fingerprint density at radius 1 is 0.880 bits per heavy atom. The highest BCUT2D eigenvalue weighted by Gasteiger charge is 2.32. The normalized spacial score (nSPS) is 13.8. The Balaban J connectivity index is 2.39. The van der Waals surface area contributed by atoms with Gasteiger partial charge < -0.3 is 4.74 Å². The van der Waals surface area contributed by atoms with Gasteiger partial charge in [-0.05, 0) is 38.8 Å². The summed E-state index contributed by atoms with van der Waals surface area (Å²) < 4.78 is 5.51. The number of ether oxygens (including phenoxy) is 1. The topological polar surface area (TPSA) is 43.4 Å². The second kappa shape index (κ2) is 8.11. The van der Waals surface area contributed by atoms with Crippen molar-refractivity contribution < 1.29 is 14.3 Å². The minimum Gasteiger partial charge on any atom is -0.460 e. The maximum absolute atomic E-state index is 12.5. The summed E-state index contributed by atoms with van der Waals surface area (Å²) in [5.74, 6) is -0.876. The fourth-order valence-corrected chi connectivity index (χ4v) is 3.10. The van der Waals surface area contributed by atoms with Gasteiger partial charge in [0, 0.05) is 11.8 Å². The van der Waals surface area contributed by atoms with Crippen LogP contribution >= 0.6 is 0 Å². The van der Waals surface area contributed by atoms with Gasteiger partial charge in [-0.3, -0.25) is 9.59 Å². The Morgan fingerprint density at radius 3 is 1.80 bits per heavy atom. The summed E-state index contributed by atoms with van der Waals surface area (Å²) in [5, 5.41) is 0. The van der Waals surface area contributed by atoms with Crippen LogP contribution in [0.1, 0.15) is 57.1 Å². The Morgan fingerprint density at radius 2 is 1.36 bits per heavy atom. The molecule has 0 saturated carbocycles. The molecule has 2 aromatic rings. The molecule has 0 aliphatic carbocycles. The van der Waals surface area contributed by atoms with Crippen LogP contribution in [0.4, 0.5) is 0 Å². The Hall–Kier alpha value is -2.42. The summed E-state index contributed by atoms with van der Waals surface area (Å²) in [6.07, 6.45) is 0.167. The number of esters is 1. The fraction of sp³-hybridized carbons (Fsp3) is 0.364. The van der Waals surface area contributed by atoms with Crippen molar-refractivity contribution >= 4 is 11.8 Å². The van der Waals surface area contributed by atoms with E-state index in [1.165, 1.54) is 0 Å². The number of carbonyl (C=O) groups is 2. The third-order valence-electron chi connectivity index (χ3n) is 4.03. The van der Waals surface area contributed by atoms with Crippen molar-refractivity contribution in [3.8, 4) is 0 Å². The zero-order valence-corrected chi connectivity index (χ0v) is 15.4. The lowest BCUT2D eigenvalue weighted by molar-refractivity contribution is -0.155. The minimum absolute atomic E-state index is 0.0450. The predicted molar refractivity (Wildman–Crippen MR) is 99.5 cm³/mol. The van der Waals surface area contributed by atoms with Crippen molar-refractivity contribution in [2.45, 2.75) is 51.6 Å². The molecule has 2 rings (SSSR count). The van der Waals surface area contributed by atoms with Gasteiger partial charge in [0.1, 0.15) is 11.4 Å². The van der Waals surface area contributed by atoms with Crippen molar-refractivity contribution in [3.05, 3.63) is 71.8 Å². The molecule has 3 heteroatoms. The van der Waals surface area contributed by atoms with E-state index in [1.807, 2.05) is 81.4 Å². The van der Waals surface area contributed by atoms with E-state index in [0.29, 0.717) is 0 Å². The van der Waals surface area contributed by atoms with Crippen LogP contribution in [0.3, 0.4) is 0 Å². The number of hydrogen-bond donors (Lipinski definition) is 0. The van der Waals surface area contributed by atoms with Gasteiger partial charge >= 0.3 is 5.97 Å². The molecule has 2 aromatic carbocycles. The van der Waals surface area contributed by atoms with E-state index < -0.39 is 5.60 Å². The number of rotatable bonds is 6. The smallest absolute Gasteiger partial charge is 0.306 e. The first-order valence-corrected chi connectivity index (χ1v) is 8.60. The van der Waals surface area contributed by atoms with Crippen LogP contribution in [0.25, 0.3) is 0 Å². The van der Waals surface area contributed by atoms with Crippen molar-refractivity contribution in [1.29, 1.82) is 0 Å².